The lowest BCUT2D eigenvalue weighted by atomic mass is 9.85. The molecule has 0 radical (unpaired) electrons. The Kier molecular flexibility index (Phi) is 6.16. The number of rotatable bonds is 6. The summed E-state index contributed by atoms with van der Waals surface area (Å²) >= 11 is 0. The first-order valence-electron chi connectivity index (χ1n) is 11.4. The molecule has 3 aromatic carbocycles. The molecule has 1 unspecified atom stereocenters. The van der Waals surface area contributed by atoms with E-state index in [-0.39, 0.29) is 17.7 Å². The molecule has 0 spiro atoms. The molecule has 0 aliphatic carbocycles. The molecule has 1 aliphatic rings. The molecule has 3 aromatic rings. The van der Waals surface area contributed by atoms with Crippen LogP contribution in [0.4, 0.5) is 0 Å². The van der Waals surface area contributed by atoms with Gasteiger partial charge in [-0.15, -0.1) is 0 Å². The van der Waals surface area contributed by atoms with Crippen LogP contribution < -0.4 is 0 Å². The molecule has 1 fully saturated rings. The first-order valence-corrected chi connectivity index (χ1v) is 11.4. The molecule has 0 aromatic heterocycles. The Balaban J connectivity index is 1.64. The monoisotopic (exact) mass is 428 g/mol. The van der Waals surface area contributed by atoms with E-state index >= 15 is 0 Å². The predicted octanol–water partition coefficient (Wildman–Crippen LogP) is 5.92. The fourth-order valence-corrected chi connectivity index (χ4v) is 4.81. The SMILES string of the molecule is CC(C)C(CC(=O)N1C(=O)CC(C)(C)N1Cc1cccc2ccccc12)c1ccccc1. The Morgan fingerprint density at radius 2 is 1.59 bits per heavy atom. The van der Waals surface area contributed by atoms with Crippen molar-refractivity contribution in [3.05, 3.63) is 83.9 Å². The maximum atomic E-state index is 13.6. The van der Waals surface area contributed by atoms with Crippen molar-refractivity contribution in [3.63, 3.8) is 0 Å². The summed E-state index contributed by atoms with van der Waals surface area (Å²) in [7, 11) is 0. The van der Waals surface area contributed by atoms with Crippen LogP contribution in [0.5, 0.6) is 0 Å². The normalized spacial score (nSPS) is 17.3. The molecule has 166 valence electrons. The third kappa shape index (κ3) is 4.33. The number of carbonyl (C=O) groups excluding carboxylic acids is 2. The first kappa shape index (κ1) is 22.2. The van der Waals surface area contributed by atoms with Crippen molar-refractivity contribution in [1.29, 1.82) is 0 Å². The number of amides is 2. The van der Waals surface area contributed by atoms with Crippen LogP contribution in [-0.4, -0.2) is 27.4 Å². The molecule has 1 heterocycles. The van der Waals surface area contributed by atoms with Gasteiger partial charge < -0.3 is 0 Å². The highest BCUT2D eigenvalue weighted by molar-refractivity contribution is 5.97. The summed E-state index contributed by atoms with van der Waals surface area (Å²) in [6.45, 7) is 8.87. The molecule has 1 saturated heterocycles. The van der Waals surface area contributed by atoms with Crippen LogP contribution in [0, 0.1) is 5.92 Å². The van der Waals surface area contributed by atoms with Crippen molar-refractivity contribution in [3.8, 4) is 0 Å². The molecule has 0 saturated carbocycles. The van der Waals surface area contributed by atoms with Crippen LogP contribution in [0.25, 0.3) is 10.8 Å². The fraction of sp³-hybridized carbons (Fsp3) is 0.357. The molecule has 1 atom stereocenters. The van der Waals surface area contributed by atoms with Crippen LogP contribution in [0.3, 0.4) is 0 Å². The molecule has 32 heavy (non-hydrogen) atoms. The van der Waals surface area contributed by atoms with Crippen LogP contribution in [0.15, 0.2) is 72.8 Å². The van der Waals surface area contributed by atoms with Crippen molar-refractivity contribution in [2.24, 2.45) is 5.92 Å². The lowest BCUT2D eigenvalue weighted by molar-refractivity contribution is -0.161. The van der Waals surface area contributed by atoms with E-state index < -0.39 is 5.54 Å². The predicted molar refractivity (Wildman–Crippen MR) is 129 cm³/mol. The van der Waals surface area contributed by atoms with Gasteiger partial charge in [-0.1, -0.05) is 86.6 Å². The van der Waals surface area contributed by atoms with E-state index in [1.165, 1.54) is 5.01 Å². The Morgan fingerprint density at radius 3 is 2.31 bits per heavy atom. The summed E-state index contributed by atoms with van der Waals surface area (Å²) in [5.41, 5.74) is 1.83. The Hall–Kier alpha value is -2.98. The standard InChI is InChI=1S/C28H32N2O2/c1-20(2)25(22-11-6-5-7-12-22)17-26(31)30-27(32)18-28(3,4)29(30)19-23-15-10-14-21-13-8-9-16-24(21)23/h5-16,20,25H,17-19H2,1-4H3. The van der Waals surface area contributed by atoms with E-state index in [2.05, 4.69) is 50.2 Å². The maximum absolute atomic E-state index is 13.6. The van der Waals surface area contributed by atoms with Crippen LogP contribution in [0.1, 0.15) is 57.6 Å². The van der Waals surface area contributed by atoms with E-state index in [1.807, 2.05) is 55.3 Å². The number of nitrogens with zero attached hydrogens (tertiary/aromatic N) is 2. The molecule has 0 N–H and O–H groups in total. The van der Waals surface area contributed by atoms with Gasteiger partial charge in [-0.2, -0.15) is 0 Å². The molecule has 0 bridgehead atoms. The second-order valence-electron chi connectivity index (χ2n) is 9.75. The van der Waals surface area contributed by atoms with Gasteiger partial charge in [0.25, 0.3) is 0 Å². The van der Waals surface area contributed by atoms with Crippen LogP contribution in [0.2, 0.25) is 0 Å². The zero-order valence-corrected chi connectivity index (χ0v) is 19.4. The number of imide groups is 1. The quantitative estimate of drug-likeness (QED) is 0.489. The van der Waals surface area contributed by atoms with Gasteiger partial charge in [-0.3, -0.25) is 9.59 Å². The third-order valence-electron chi connectivity index (χ3n) is 6.62. The number of benzene rings is 3. The average Bonchev–Trinajstić information content (AvgIpc) is 3.00. The van der Waals surface area contributed by atoms with Gasteiger partial charge in [0, 0.05) is 24.9 Å². The minimum Gasteiger partial charge on any atom is -0.273 e. The van der Waals surface area contributed by atoms with E-state index in [9.17, 15) is 9.59 Å². The van der Waals surface area contributed by atoms with Gasteiger partial charge in [-0.05, 0) is 47.6 Å². The summed E-state index contributed by atoms with van der Waals surface area (Å²) in [6.07, 6.45) is 0.650. The van der Waals surface area contributed by atoms with Crippen molar-refractivity contribution < 1.29 is 9.59 Å². The largest absolute Gasteiger partial charge is 0.273 e. The van der Waals surface area contributed by atoms with E-state index in [0.29, 0.717) is 25.3 Å². The maximum Gasteiger partial charge on any atom is 0.245 e. The smallest absolute Gasteiger partial charge is 0.245 e. The Bertz CT molecular complexity index is 1120. The Labute approximate surface area is 190 Å². The van der Waals surface area contributed by atoms with Gasteiger partial charge in [0.1, 0.15) is 0 Å². The van der Waals surface area contributed by atoms with E-state index in [4.69, 9.17) is 0 Å². The number of carbonyl (C=O) groups is 2. The summed E-state index contributed by atoms with van der Waals surface area (Å²) in [5, 5.41) is 5.72. The molecule has 1 aliphatic heterocycles. The first-order chi connectivity index (χ1) is 15.3. The number of hydrogen-bond acceptors (Lipinski definition) is 3. The van der Waals surface area contributed by atoms with Gasteiger partial charge >= 0.3 is 0 Å². The highest BCUT2D eigenvalue weighted by atomic mass is 16.2. The van der Waals surface area contributed by atoms with Gasteiger partial charge in [0.2, 0.25) is 11.8 Å². The zero-order valence-electron chi connectivity index (χ0n) is 19.4. The summed E-state index contributed by atoms with van der Waals surface area (Å²) in [4.78, 5) is 26.6. The summed E-state index contributed by atoms with van der Waals surface area (Å²) in [6, 6.07) is 24.6. The van der Waals surface area contributed by atoms with Crippen molar-refractivity contribution in [2.75, 3.05) is 0 Å². The number of hydrogen-bond donors (Lipinski definition) is 0. The van der Waals surface area contributed by atoms with Crippen molar-refractivity contribution in [2.45, 2.75) is 58.5 Å². The Morgan fingerprint density at radius 1 is 0.938 bits per heavy atom. The van der Waals surface area contributed by atoms with Crippen LogP contribution in [-0.2, 0) is 16.1 Å². The summed E-state index contributed by atoms with van der Waals surface area (Å²) < 4.78 is 0. The zero-order chi connectivity index (χ0) is 22.9. The lowest BCUT2D eigenvalue weighted by Gasteiger charge is -2.36. The minimum absolute atomic E-state index is 0.0691. The fourth-order valence-electron chi connectivity index (χ4n) is 4.81. The average molecular weight is 429 g/mol. The van der Waals surface area contributed by atoms with Crippen molar-refractivity contribution >= 4 is 22.6 Å². The molecule has 2 amide bonds. The molecular weight excluding hydrogens is 396 g/mol. The number of hydrazine groups is 1. The molecule has 4 nitrogen and oxygen atoms in total. The third-order valence-corrected chi connectivity index (χ3v) is 6.62. The minimum atomic E-state index is -0.427. The highest BCUT2D eigenvalue weighted by Gasteiger charge is 2.47. The van der Waals surface area contributed by atoms with Gasteiger partial charge in [0.05, 0.1) is 0 Å². The summed E-state index contributed by atoms with van der Waals surface area (Å²) in [5.74, 6) is 0.123. The van der Waals surface area contributed by atoms with Crippen molar-refractivity contribution in [1.82, 2.24) is 10.0 Å². The van der Waals surface area contributed by atoms with E-state index in [1.54, 1.807) is 0 Å². The second-order valence-corrected chi connectivity index (χ2v) is 9.75. The van der Waals surface area contributed by atoms with Gasteiger partial charge in [0.15, 0.2) is 0 Å². The van der Waals surface area contributed by atoms with Crippen LogP contribution >= 0.6 is 0 Å². The van der Waals surface area contributed by atoms with Gasteiger partial charge in [-0.25, -0.2) is 10.0 Å². The molecule has 4 rings (SSSR count). The van der Waals surface area contributed by atoms with E-state index in [0.717, 1.165) is 21.9 Å². The lowest BCUT2D eigenvalue weighted by Crippen LogP contribution is -2.49. The number of fused-ring (bicyclic) bond motifs is 1. The molecular formula is C28H32N2O2. The molecule has 4 heteroatoms. The second kappa shape index (κ2) is 8.87. The topological polar surface area (TPSA) is 40.6 Å². The highest BCUT2D eigenvalue weighted by Crippen LogP contribution is 2.36.